The first-order chi connectivity index (χ1) is 47.1. The van der Waals surface area contributed by atoms with Crippen LogP contribution in [0.5, 0.6) is 0 Å². The molecular formula is C90H126B4Br2O8S. The van der Waals surface area contributed by atoms with Gasteiger partial charge in [-0.15, -0.1) is 0 Å². The van der Waals surface area contributed by atoms with Crippen LogP contribution in [0.1, 0.15) is 239 Å². The van der Waals surface area contributed by atoms with E-state index >= 15 is 0 Å². The largest absolute Gasteiger partial charge is 0.494 e. The lowest BCUT2D eigenvalue weighted by Crippen LogP contribution is -2.41. The highest BCUT2D eigenvalue weighted by atomic mass is 79.9. The van der Waals surface area contributed by atoms with Crippen molar-refractivity contribution in [3.63, 3.8) is 0 Å². The molecule has 3 aliphatic heterocycles. The van der Waals surface area contributed by atoms with Crippen molar-refractivity contribution in [1.29, 1.82) is 0 Å². The molecule has 0 aliphatic carbocycles. The summed E-state index contributed by atoms with van der Waals surface area (Å²) in [6.07, 6.45) is 0. The van der Waals surface area contributed by atoms with Crippen molar-refractivity contribution in [2.45, 2.75) is 276 Å². The second kappa shape index (κ2) is 34.1. The lowest BCUT2D eigenvalue weighted by Gasteiger charge is -2.32. The molecule has 2 N–H and O–H groups in total. The number of rotatable bonds is 7. The maximum Gasteiger partial charge on any atom is 0.494 e. The molecule has 0 saturated carbocycles. The quantitative estimate of drug-likeness (QED) is 0.152. The molecule has 15 heteroatoms. The predicted molar refractivity (Wildman–Crippen MR) is 465 cm³/mol. The minimum Gasteiger partial charge on any atom is -0.423 e. The second-order valence-corrected chi connectivity index (χ2v) is 38.2. The molecule has 0 radical (unpaired) electrons. The van der Waals surface area contributed by atoms with Crippen LogP contribution in [0.15, 0.2) is 179 Å². The molecule has 0 amide bonds. The van der Waals surface area contributed by atoms with Crippen LogP contribution in [0.25, 0.3) is 44.5 Å². The Morgan fingerprint density at radius 1 is 0.314 bits per heavy atom. The lowest BCUT2D eigenvalue weighted by atomic mass is 9.49. The van der Waals surface area contributed by atoms with E-state index in [-0.39, 0.29) is 81.6 Å². The molecule has 0 spiro atoms. The van der Waals surface area contributed by atoms with Crippen molar-refractivity contribution >= 4 is 84.5 Å². The number of benzene rings is 8. The molecule has 3 fully saturated rings. The Morgan fingerprint density at radius 3 is 0.771 bits per heavy atom. The Bertz CT molecular complexity index is 3900. The number of hydrogen-bond acceptors (Lipinski definition) is 8. The van der Waals surface area contributed by atoms with Gasteiger partial charge in [0.1, 0.15) is 0 Å². The molecule has 0 atom stereocenters. The summed E-state index contributed by atoms with van der Waals surface area (Å²) in [5.74, 6) is 0. The first-order valence-electron chi connectivity index (χ1n) is 36.7. The fourth-order valence-electron chi connectivity index (χ4n) is 12.0. The van der Waals surface area contributed by atoms with Crippen molar-refractivity contribution < 1.29 is 38.0 Å². The van der Waals surface area contributed by atoms with E-state index in [9.17, 15) is 0 Å². The fraction of sp³-hybridized carbons (Fsp3) is 0.467. The van der Waals surface area contributed by atoms with E-state index in [1.54, 1.807) is 12.1 Å². The molecule has 566 valence electrons. The predicted octanol–water partition coefficient (Wildman–Crippen LogP) is 23.3. The molecular weight excluding hydrogens is 1440 g/mol. The lowest BCUT2D eigenvalue weighted by molar-refractivity contribution is 0.00578. The molecule has 8 aromatic rings. The Balaban J connectivity index is 0.000000253. The SMILES string of the molecule is C.CC(C)(C)c1ccc(B(O)O)cc1.CC1(C)OB(B2OC(C)(C)C(C)(C)O2)OC1(C)C.Cc1c(-c2ccc(C(C)(C)C)cc2)cc(B2OC(C)(C)C(C)(C)O2)cc1-c1ccc(C(C)(C)C)cc1.Cc1c(-c2ccc(C(C)(C)C)cc2)cccc1-c1ccc(C(C)(C)C)cc1.Cc1c(Br)cccc1Br.S. The van der Waals surface area contributed by atoms with Crippen LogP contribution in [-0.4, -0.2) is 71.9 Å². The average Bonchev–Trinajstić information content (AvgIpc) is 1.66. The summed E-state index contributed by atoms with van der Waals surface area (Å²) in [6, 6.07) is 60.7. The standard InChI is InChI=1S/C33H43BO2.C27H32.C12H24B2O4.C10H15BO2.C7H6Br2.CH4.H2S/c1-22-28(23-12-16-25(17-13-23)30(2,3)4)20-27(34-35-32(8,9)33(10,11)36-34)21-29(22)24-14-18-26(19-15-24)31(5,6)7;1-19-24(20-11-15-22(16-12-20)26(2,3)4)9-8-10-25(19)21-13-17-23(18-14-21)27(5,6)7;1-9(2)10(3,4)16-13(15-9)14-17-11(5,6)12(7,8)18-14;1-10(2,3)8-4-6-9(7-5-8)11(12)13;1-5-6(8)3-2-4-7(5)9;;/h12-21H,1-11H3;8-18H,1-7H3;1-8H3;4-7,12-13H,1-3H3;2-4H,1H3;1H4;1H2. The Morgan fingerprint density at radius 2 is 0.533 bits per heavy atom. The van der Waals surface area contributed by atoms with Gasteiger partial charge in [0.25, 0.3) is 0 Å². The van der Waals surface area contributed by atoms with Crippen LogP contribution >= 0.6 is 45.4 Å². The van der Waals surface area contributed by atoms with Crippen molar-refractivity contribution in [2.75, 3.05) is 0 Å². The first-order valence-corrected chi connectivity index (χ1v) is 38.3. The van der Waals surface area contributed by atoms with Gasteiger partial charge in [-0.1, -0.05) is 301 Å². The maximum atomic E-state index is 8.87. The van der Waals surface area contributed by atoms with Gasteiger partial charge < -0.3 is 38.0 Å². The van der Waals surface area contributed by atoms with E-state index in [0.717, 1.165) is 14.4 Å². The third-order valence-electron chi connectivity index (χ3n) is 21.6. The monoisotopic (exact) mass is 1570 g/mol. The first kappa shape index (κ1) is 90.6. The summed E-state index contributed by atoms with van der Waals surface area (Å²) in [4.78, 5) is 0. The van der Waals surface area contributed by atoms with Gasteiger partial charge >= 0.3 is 28.3 Å². The third kappa shape index (κ3) is 22.4. The van der Waals surface area contributed by atoms with E-state index in [2.05, 4.69) is 312 Å². The highest BCUT2D eigenvalue weighted by Crippen LogP contribution is 2.45. The van der Waals surface area contributed by atoms with Gasteiger partial charge in [-0.2, -0.15) is 13.5 Å². The van der Waals surface area contributed by atoms with Crippen molar-refractivity contribution in [1.82, 2.24) is 0 Å². The van der Waals surface area contributed by atoms with E-state index in [1.807, 2.05) is 85.7 Å². The van der Waals surface area contributed by atoms with E-state index in [4.69, 9.17) is 38.0 Å². The van der Waals surface area contributed by atoms with Crippen LogP contribution in [0.2, 0.25) is 0 Å². The molecule has 3 heterocycles. The van der Waals surface area contributed by atoms with Crippen molar-refractivity contribution in [3.05, 3.63) is 223 Å². The average molecular weight is 1570 g/mol. The van der Waals surface area contributed by atoms with Gasteiger partial charge in [0, 0.05) is 8.95 Å². The van der Waals surface area contributed by atoms with Crippen LogP contribution < -0.4 is 10.9 Å². The highest BCUT2D eigenvalue weighted by molar-refractivity contribution is 9.11. The van der Waals surface area contributed by atoms with E-state index in [0.29, 0.717) is 5.46 Å². The number of hydrogen-bond donors (Lipinski definition) is 2. The zero-order chi connectivity index (χ0) is 77.4. The zero-order valence-corrected chi connectivity index (χ0v) is 72.7. The molecule has 0 unspecified atom stereocenters. The molecule has 11 rings (SSSR count). The second-order valence-electron chi connectivity index (χ2n) is 36.5. The van der Waals surface area contributed by atoms with Crippen molar-refractivity contribution in [2.24, 2.45) is 0 Å². The molecule has 3 aliphatic rings. The summed E-state index contributed by atoms with van der Waals surface area (Å²) in [6.45, 7) is 64.6. The third-order valence-corrected chi connectivity index (χ3v) is 23.3. The van der Waals surface area contributed by atoms with Crippen LogP contribution in [0, 0.1) is 20.8 Å². The normalized spacial score (nSPS) is 16.9. The van der Waals surface area contributed by atoms with Gasteiger partial charge in [-0.05, 0) is 243 Å². The topological polar surface area (TPSA) is 95.8 Å². The molecule has 3 saturated heterocycles. The Hall–Kier alpha value is -4.99. The summed E-state index contributed by atoms with van der Waals surface area (Å²) in [5.41, 5.74) is 20.6. The highest BCUT2D eigenvalue weighted by Gasteiger charge is 2.64. The summed E-state index contributed by atoms with van der Waals surface area (Å²) in [7, 11) is -2.73. The maximum absolute atomic E-state index is 8.87. The summed E-state index contributed by atoms with van der Waals surface area (Å²) >= 11 is 6.83. The Labute approximate surface area is 661 Å². The van der Waals surface area contributed by atoms with Crippen LogP contribution in [-0.2, 0) is 55.0 Å². The zero-order valence-electron chi connectivity index (χ0n) is 68.6. The number of halogens is 2. The van der Waals surface area contributed by atoms with Gasteiger partial charge in [0.05, 0.1) is 33.6 Å². The summed E-state index contributed by atoms with van der Waals surface area (Å²) < 4.78 is 39.1. The van der Waals surface area contributed by atoms with Gasteiger partial charge in [-0.3, -0.25) is 0 Å². The molecule has 8 aromatic carbocycles. The minimum absolute atomic E-state index is 0. The van der Waals surface area contributed by atoms with E-state index < -0.39 is 28.3 Å². The summed E-state index contributed by atoms with van der Waals surface area (Å²) in [5, 5.41) is 17.7. The van der Waals surface area contributed by atoms with Crippen LogP contribution in [0.3, 0.4) is 0 Å². The van der Waals surface area contributed by atoms with E-state index in [1.165, 1.54) is 89.0 Å². The molecule has 105 heavy (non-hydrogen) atoms. The fourth-order valence-corrected chi connectivity index (χ4v) is 13.0. The van der Waals surface area contributed by atoms with Crippen molar-refractivity contribution in [3.8, 4) is 44.5 Å². The van der Waals surface area contributed by atoms with Gasteiger partial charge in [-0.25, -0.2) is 0 Å². The molecule has 8 nitrogen and oxygen atoms in total. The Kier molecular flexibility index (Phi) is 29.4. The smallest absolute Gasteiger partial charge is 0.423 e. The van der Waals surface area contributed by atoms with Crippen LogP contribution in [0.4, 0.5) is 0 Å². The molecule has 0 bridgehead atoms. The van der Waals surface area contributed by atoms with Gasteiger partial charge in [0.2, 0.25) is 0 Å². The van der Waals surface area contributed by atoms with Gasteiger partial charge in [0.15, 0.2) is 0 Å². The molecule has 0 aromatic heterocycles. The minimum atomic E-state index is -1.37.